The van der Waals surface area contributed by atoms with E-state index in [-0.39, 0.29) is 5.91 Å². The van der Waals surface area contributed by atoms with Crippen LogP contribution in [-0.2, 0) is 9.53 Å². The summed E-state index contributed by atoms with van der Waals surface area (Å²) < 4.78 is 5.42. The van der Waals surface area contributed by atoms with E-state index in [1.165, 1.54) is 0 Å². The molecule has 0 aliphatic carbocycles. The Morgan fingerprint density at radius 2 is 1.62 bits per heavy atom. The van der Waals surface area contributed by atoms with E-state index in [0.717, 1.165) is 55.7 Å². The van der Waals surface area contributed by atoms with Gasteiger partial charge in [0.25, 0.3) is 5.91 Å². The monoisotopic (exact) mass is 355 g/mol. The van der Waals surface area contributed by atoms with Gasteiger partial charge >= 0.3 is 5.97 Å². The molecule has 6 nitrogen and oxygen atoms in total. The Morgan fingerprint density at radius 1 is 1.00 bits per heavy atom. The number of likely N-dealkylation sites (tertiary alicyclic amines) is 1. The molecule has 1 aliphatic heterocycles. The van der Waals surface area contributed by atoms with Crippen LogP contribution in [0.5, 0.6) is 0 Å². The molecule has 0 spiro atoms. The van der Waals surface area contributed by atoms with Crippen molar-refractivity contribution >= 4 is 22.9 Å². The zero-order chi connectivity index (χ0) is 18.7. The summed E-state index contributed by atoms with van der Waals surface area (Å²) in [7, 11) is 0. The molecule has 1 atom stereocenters. The second kappa shape index (κ2) is 7.81. The Hall–Kier alpha value is -2.50. The summed E-state index contributed by atoms with van der Waals surface area (Å²) in [5, 5.41) is 0. The standard InChI is InChI=1S/C20H25N3O3/c1-13-14(2)22-18-12-16(8-9-17(18)21-13)20(25)26-15(3)19(24)23-10-6-4-5-7-11-23/h8-9,12,15H,4-7,10-11H2,1-3H3/t15-/m0/s1. The van der Waals surface area contributed by atoms with E-state index in [1.54, 1.807) is 25.1 Å². The lowest BCUT2D eigenvalue weighted by atomic mass is 10.2. The molecule has 1 aromatic heterocycles. The van der Waals surface area contributed by atoms with Gasteiger partial charge in [-0.3, -0.25) is 4.79 Å². The van der Waals surface area contributed by atoms with Crippen LogP contribution in [-0.4, -0.2) is 45.9 Å². The van der Waals surface area contributed by atoms with Crippen molar-refractivity contribution in [3.63, 3.8) is 0 Å². The van der Waals surface area contributed by atoms with E-state index in [4.69, 9.17) is 4.74 Å². The molecular weight excluding hydrogens is 330 g/mol. The minimum Gasteiger partial charge on any atom is -0.449 e. The van der Waals surface area contributed by atoms with E-state index in [0.29, 0.717) is 11.1 Å². The minimum atomic E-state index is -0.790. The average Bonchev–Trinajstić information content (AvgIpc) is 2.91. The van der Waals surface area contributed by atoms with Crippen molar-refractivity contribution in [2.24, 2.45) is 0 Å². The molecule has 138 valence electrons. The lowest BCUT2D eigenvalue weighted by molar-refractivity contribution is -0.139. The molecule has 1 aromatic carbocycles. The van der Waals surface area contributed by atoms with Gasteiger partial charge in [-0.05, 0) is 51.8 Å². The average molecular weight is 355 g/mol. The van der Waals surface area contributed by atoms with Crippen LogP contribution in [0.4, 0.5) is 0 Å². The highest BCUT2D eigenvalue weighted by Crippen LogP contribution is 2.17. The van der Waals surface area contributed by atoms with Gasteiger partial charge in [0.15, 0.2) is 6.10 Å². The molecule has 1 aliphatic rings. The second-order valence-electron chi connectivity index (χ2n) is 6.88. The Bertz CT molecular complexity index is 826. The first-order valence-electron chi connectivity index (χ1n) is 9.20. The normalized spacial score (nSPS) is 16.2. The highest BCUT2D eigenvalue weighted by Gasteiger charge is 2.25. The number of ether oxygens (including phenoxy) is 1. The van der Waals surface area contributed by atoms with E-state index in [1.807, 2.05) is 18.7 Å². The number of carbonyl (C=O) groups is 2. The third-order valence-electron chi connectivity index (χ3n) is 4.86. The summed E-state index contributed by atoms with van der Waals surface area (Å²) in [5.74, 6) is -0.630. The number of benzene rings is 1. The van der Waals surface area contributed by atoms with Gasteiger partial charge in [0.1, 0.15) is 0 Å². The zero-order valence-electron chi connectivity index (χ0n) is 15.6. The number of amides is 1. The number of carbonyl (C=O) groups excluding carboxylic acids is 2. The molecule has 0 saturated carbocycles. The van der Waals surface area contributed by atoms with Crippen molar-refractivity contribution in [1.82, 2.24) is 14.9 Å². The van der Waals surface area contributed by atoms with Crippen molar-refractivity contribution in [3.05, 3.63) is 35.2 Å². The maximum Gasteiger partial charge on any atom is 0.338 e. The molecule has 0 unspecified atom stereocenters. The Morgan fingerprint density at radius 3 is 2.27 bits per heavy atom. The SMILES string of the molecule is Cc1nc2ccc(C(=O)O[C@@H](C)C(=O)N3CCCCCC3)cc2nc1C. The molecule has 1 amide bonds. The molecule has 26 heavy (non-hydrogen) atoms. The smallest absolute Gasteiger partial charge is 0.338 e. The van der Waals surface area contributed by atoms with Gasteiger partial charge in [0, 0.05) is 13.1 Å². The number of fused-ring (bicyclic) bond motifs is 1. The predicted octanol–water partition coefficient (Wildman–Crippen LogP) is 3.19. The van der Waals surface area contributed by atoms with Crippen LogP contribution >= 0.6 is 0 Å². The lowest BCUT2D eigenvalue weighted by Crippen LogP contribution is -2.40. The third-order valence-corrected chi connectivity index (χ3v) is 4.86. The van der Waals surface area contributed by atoms with Crippen LogP contribution in [0.25, 0.3) is 11.0 Å². The fourth-order valence-corrected chi connectivity index (χ4v) is 3.18. The minimum absolute atomic E-state index is 0.118. The van der Waals surface area contributed by atoms with Gasteiger partial charge < -0.3 is 9.64 Å². The fourth-order valence-electron chi connectivity index (χ4n) is 3.18. The molecular formula is C20H25N3O3. The molecule has 0 N–H and O–H groups in total. The lowest BCUT2D eigenvalue weighted by Gasteiger charge is -2.24. The van der Waals surface area contributed by atoms with Crippen molar-refractivity contribution in [2.75, 3.05) is 13.1 Å². The van der Waals surface area contributed by atoms with E-state index < -0.39 is 12.1 Å². The van der Waals surface area contributed by atoms with Gasteiger partial charge in [0.2, 0.25) is 0 Å². The van der Waals surface area contributed by atoms with Crippen LogP contribution in [0, 0.1) is 13.8 Å². The quantitative estimate of drug-likeness (QED) is 0.791. The van der Waals surface area contributed by atoms with E-state index >= 15 is 0 Å². The summed E-state index contributed by atoms with van der Waals surface area (Å²) in [6.07, 6.45) is 3.52. The van der Waals surface area contributed by atoms with E-state index in [2.05, 4.69) is 9.97 Å². The van der Waals surface area contributed by atoms with Gasteiger partial charge in [0.05, 0.1) is 28.0 Å². The molecule has 1 fully saturated rings. The maximum absolute atomic E-state index is 12.5. The first-order chi connectivity index (χ1) is 12.5. The number of hydrogen-bond donors (Lipinski definition) is 0. The van der Waals surface area contributed by atoms with Crippen LogP contribution in [0.2, 0.25) is 0 Å². The number of rotatable bonds is 3. The summed E-state index contributed by atoms with van der Waals surface area (Å²) >= 11 is 0. The highest BCUT2D eigenvalue weighted by molar-refractivity contribution is 5.95. The van der Waals surface area contributed by atoms with Crippen LogP contribution in [0.15, 0.2) is 18.2 Å². The topological polar surface area (TPSA) is 72.4 Å². The van der Waals surface area contributed by atoms with Gasteiger partial charge in [-0.25, -0.2) is 14.8 Å². The third kappa shape index (κ3) is 4.00. The summed E-state index contributed by atoms with van der Waals surface area (Å²) in [4.78, 5) is 35.7. The zero-order valence-corrected chi connectivity index (χ0v) is 15.6. The van der Waals surface area contributed by atoms with Crippen LogP contribution in [0.3, 0.4) is 0 Å². The Kier molecular flexibility index (Phi) is 5.49. The van der Waals surface area contributed by atoms with Crippen molar-refractivity contribution in [3.8, 4) is 0 Å². The summed E-state index contributed by atoms with van der Waals surface area (Å²) in [5.41, 5.74) is 3.45. The van der Waals surface area contributed by atoms with Crippen LogP contribution in [0.1, 0.15) is 54.4 Å². The number of aromatic nitrogens is 2. The van der Waals surface area contributed by atoms with Gasteiger partial charge in [-0.15, -0.1) is 0 Å². The second-order valence-corrected chi connectivity index (χ2v) is 6.88. The number of hydrogen-bond acceptors (Lipinski definition) is 5. The van der Waals surface area contributed by atoms with Crippen molar-refractivity contribution < 1.29 is 14.3 Å². The van der Waals surface area contributed by atoms with Crippen LogP contribution < -0.4 is 0 Å². The molecule has 0 bridgehead atoms. The summed E-state index contributed by atoms with van der Waals surface area (Å²) in [6, 6.07) is 5.09. The predicted molar refractivity (Wildman–Crippen MR) is 98.9 cm³/mol. The van der Waals surface area contributed by atoms with Crippen molar-refractivity contribution in [1.29, 1.82) is 0 Å². The molecule has 2 aromatic rings. The van der Waals surface area contributed by atoms with Crippen molar-refractivity contribution in [2.45, 2.75) is 52.6 Å². The number of esters is 1. The highest BCUT2D eigenvalue weighted by atomic mass is 16.5. The fraction of sp³-hybridized carbons (Fsp3) is 0.500. The molecule has 3 rings (SSSR count). The van der Waals surface area contributed by atoms with E-state index in [9.17, 15) is 9.59 Å². The molecule has 1 saturated heterocycles. The maximum atomic E-state index is 12.5. The largest absolute Gasteiger partial charge is 0.449 e. The molecule has 2 heterocycles. The number of aryl methyl sites for hydroxylation is 2. The Balaban J connectivity index is 1.71. The first-order valence-corrected chi connectivity index (χ1v) is 9.20. The molecule has 6 heteroatoms. The molecule has 0 radical (unpaired) electrons. The summed E-state index contributed by atoms with van der Waals surface area (Å²) in [6.45, 7) is 6.91. The number of nitrogens with zero attached hydrogens (tertiary/aromatic N) is 3. The van der Waals surface area contributed by atoms with Gasteiger partial charge in [-0.1, -0.05) is 12.8 Å². The first kappa shape index (κ1) is 18.3. The Labute approximate surface area is 153 Å². The van der Waals surface area contributed by atoms with Gasteiger partial charge in [-0.2, -0.15) is 0 Å².